The first kappa shape index (κ1) is 13.1. The van der Waals surface area contributed by atoms with Crippen LogP contribution >= 0.6 is 0 Å². The summed E-state index contributed by atoms with van der Waals surface area (Å²) in [5.41, 5.74) is 3.13. The highest BCUT2D eigenvalue weighted by molar-refractivity contribution is 5.74. The summed E-state index contributed by atoms with van der Waals surface area (Å²) in [4.78, 5) is 12.6. The number of carbonyl (C=O) groups is 1. The van der Waals surface area contributed by atoms with Crippen LogP contribution in [-0.2, 0) is 4.79 Å². The number of benzene rings is 2. The summed E-state index contributed by atoms with van der Waals surface area (Å²) in [7, 11) is 0. The average Bonchev–Trinajstić information content (AvgIpc) is 2.91. The molecule has 0 saturated heterocycles. The first-order valence-electron chi connectivity index (χ1n) is 6.45. The van der Waals surface area contributed by atoms with Crippen LogP contribution in [0.4, 0.5) is 0 Å². The maximum absolute atomic E-state index is 11.1. The van der Waals surface area contributed by atoms with E-state index in [1.54, 1.807) is 23.0 Å². The van der Waals surface area contributed by atoms with Crippen molar-refractivity contribution >= 4 is 23.1 Å². The third-order valence-electron chi connectivity index (χ3n) is 2.98. The molecule has 0 aliphatic rings. The highest BCUT2D eigenvalue weighted by Gasteiger charge is 2.08. The molecule has 0 saturated carbocycles. The Morgan fingerprint density at radius 2 is 1.86 bits per heavy atom. The van der Waals surface area contributed by atoms with E-state index in [0.29, 0.717) is 11.3 Å². The Balaban J connectivity index is 2.06. The van der Waals surface area contributed by atoms with Crippen LogP contribution in [0.5, 0.6) is 5.75 Å². The van der Waals surface area contributed by atoms with E-state index in [0.717, 1.165) is 16.7 Å². The molecule has 0 aliphatic heterocycles. The lowest BCUT2D eigenvalue weighted by Crippen LogP contribution is -2.04. The maximum Gasteiger partial charge on any atom is 0.308 e. The molecule has 3 rings (SSSR count). The van der Waals surface area contributed by atoms with Crippen LogP contribution in [0.25, 0.3) is 22.8 Å². The number of fused-ring (bicyclic) bond motifs is 1. The number of aromatic nitrogens is 3. The van der Waals surface area contributed by atoms with Crippen LogP contribution < -0.4 is 4.74 Å². The van der Waals surface area contributed by atoms with E-state index < -0.39 is 0 Å². The number of rotatable bonds is 3. The molecule has 0 fully saturated rings. The van der Waals surface area contributed by atoms with Crippen LogP contribution in [0.3, 0.4) is 0 Å². The predicted molar refractivity (Wildman–Crippen MR) is 80.3 cm³/mol. The van der Waals surface area contributed by atoms with Crippen LogP contribution in [0.2, 0.25) is 0 Å². The zero-order valence-corrected chi connectivity index (χ0v) is 11.5. The minimum Gasteiger partial charge on any atom is -0.426 e. The predicted octanol–water partition coefficient (Wildman–Crippen LogP) is 2.99. The summed E-state index contributed by atoms with van der Waals surface area (Å²) in [6.07, 6.45) is 1.63. The Labute approximate surface area is 121 Å². The second-order valence-electron chi connectivity index (χ2n) is 4.50. The van der Waals surface area contributed by atoms with Gasteiger partial charge in [-0.15, -0.1) is 10.2 Å². The van der Waals surface area contributed by atoms with E-state index >= 15 is 0 Å². The lowest BCUT2D eigenvalue weighted by Gasteiger charge is -2.07. The minimum atomic E-state index is -0.367. The molecule has 2 aromatic carbocycles. The molecule has 1 heterocycles. The van der Waals surface area contributed by atoms with E-state index in [4.69, 9.17) is 4.74 Å². The molecule has 5 heteroatoms. The van der Waals surface area contributed by atoms with Crippen LogP contribution in [-0.4, -0.2) is 21.0 Å². The number of esters is 1. The maximum atomic E-state index is 11.1. The quantitative estimate of drug-likeness (QED) is 0.546. The zero-order chi connectivity index (χ0) is 14.8. The Morgan fingerprint density at radius 1 is 1.19 bits per heavy atom. The molecule has 5 nitrogen and oxygen atoms in total. The van der Waals surface area contributed by atoms with Gasteiger partial charge in [-0.25, -0.2) is 0 Å². The molecule has 0 radical (unpaired) electrons. The minimum absolute atomic E-state index is 0.367. The fourth-order valence-corrected chi connectivity index (χ4v) is 2.04. The summed E-state index contributed by atoms with van der Waals surface area (Å²) >= 11 is 0. The van der Waals surface area contributed by atoms with Crippen molar-refractivity contribution in [1.29, 1.82) is 0 Å². The first-order chi connectivity index (χ1) is 10.2. The molecule has 21 heavy (non-hydrogen) atoms. The number of nitrogens with zero attached hydrogens (tertiary/aromatic N) is 3. The van der Waals surface area contributed by atoms with Crippen molar-refractivity contribution in [3.63, 3.8) is 0 Å². The summed E-state index contributed by atoms with van der Waals surface area (Å²) in [5, 5.41) is 8.82. The fourth-order valence-electron chi connectivity index (χ4n) is 2.04. The number of hydrogen-bond acceptors (Lipinski definition) is 4. The van der Waals surface area contributed by atoms with Crippen molar-refractivity contribution in [3.05, 3.63) is 54.6 Å². The van der Waals surface area contributed by atoms with Crippen molar-refractivity contribution in [2.45, 2.75) is 6.92 Å². The molecule has 0 aliphatic carbocycles. The van der Waals surface area contributed by atoms with Gasteiger partial charge in [0.1, 0.15) is 16.8 Å². The van der Waals surface area contributed by atoms with Gasteiger partial charge in [-0.1, -0.05) is 24.8 Å². The van der Waals surface area contributed by atoms with Gasteiger partial charge in [0.2, 0.25) is 0 Å². The van der Waals surface area contributed by atoms with Crippen molar-refractivity contribution in [2.24, 2.45) is 0 Å². The van der Waals surface area contributed by atoms with Gasteiger partial charge >= 0.3 is 5.97 Å². The van der Waals surface area contributed by atoms with E-state index in [9.17, 15) is 4.79 Å². The van der Waals surface area contributed by atoms with Gasteiger partial charge in [-0.05, 0) is 30.3 Å². The molecule has 0 unspecified atom stereocenters. The highest BCUT2D eigenvalue weighted by atomic mass is 16.5. The molecule has 0 spiro atoms. The monoisotopic (exact) mass is 279 g/mol. The smallest absolute Gasteiger partial charge is 0.308 e. The summed E-state index contributed by atoms with van der Waals surface area (Å²) in [5.74, 6) is 0.103. The number of carbonyl (C=O) groups excluding carboxylic acids is 1. The third kappa shape index (κ3) is 2.53. The van der Waals surface area contributed by atoms with Crippen molar-refractivity contribution in [1.82, 2.24) is 15.0 Å². The molecule has 0 bridgehead atoms. The normalized spacial score (nSPS) is 10.5. The van der Waals surface area contributed by atoms with Gasteiger partial charge in [0.05, 0.1) is 5.69 Å². The van der Waals surface area contributed by atoms with Gasteiger partial charge in [-0.2, -0.15) is 4.80 Å². The third-order valence-corrected chi connectivity index (χ3v) is 2.98. The lowest BCUT2D eigenvalue weighted by molar-refractivity contribution is -0.131. The average molecular weight is 279 g/mol. The Bertz CT molecular complexity index is 803. The summed E-state index contributed by atoms with van der Waals surface area (Å²) < 4.78 is 5.13. The second kappa shape index (κ2) is 5.20. The summed E-state index contributed by atoms with van der Waals surface area (Å²) in [6.45, 7) is 5.10. The van der Waals surface area contributed by atoms with E-state index in [1.165, 1.54) is 6.92 Å². The summed E-state index contributed by atoms with van der Waals surface area (Å²) in [6, 6.07) is 13.0. The van der Waals surface area contributed by atoms with Crippen molar-refractivity contribution in [2.75, 3.05) is 0 Å². The number of ether oxygens (including phenoxy) is 1. The Hall–Kier alpha value is -2.95. The second-order valence-corrected chi connectivity index (χ2v) is 4.50. The van der Waals surface area contributed by atoms with Crippen molar-refractivity contribution < 1.29 is 9.53 Å². The molecule has 0 atom stereocenters. The molecule has 1 aromatic heterocycles. The fraction of sp³-hybridized carbons (Fsp3) is 0.0625. The van der Waals surface area contributed by atoms with Gasteiger partial charge in [0.15, 0.2) is 0 Å². The van der Waals surface area contributed by atoms with E-state index in [1.807, 2.05) is 30.3 Å². The SMILES string of the molecule is C=Cc1cc(-n2nc3ccccc3n2)ccc1OC(C)=O. The molecule has 3 aromatic rings. The van der Waals surface area contributed by atoms with E-state index in [2.05, 4.69) is 16.8 Å². The molecular formula is C16H13N3O2. The molecular weight excluding hydrogens is 266 g/mol. The lowest BCUT2D eigenvalue weighted by atomic mass is 10.2. The highest BCUT2D eigenvalue weighted by Crippen LogP contribution is 2.23. The largest absolute Gasteiger partial charge is 0.426 e. The first-order valence-corrected chi connectivity index (χ1v) is 6.45. The van der Waals surface area contributed by atoms with Gasteiger partial charge in [0, 0.05) is 12.5 Å². The van der Waals surface area contributed by atoms with E-state index in [-0.39, 0.29) is 5.97 Å². The van der Waals surface area contributed by atoms with Crippen LogP contribution in [0.1, 0.15) is 12.5 Å². The zero-order valence-electron chi connectivity index (χ0n) is 11.5. The number of hydrogen-bond donors (Lipinski definition) is 0. The van der Waals surface area contributed by atoms with Crippen LogP contribution in [0, 0.1) is 0 Å². The molecule has 0 N–H and O–H groups in total. The topological polar surface area (TPSA) is 57.0 Å². The molecule has 104 valence electrons. The molecule has 0 amide bonds. The van der Waals surface area contributed by atoms with Gasteiger partial charge in [0.25, 0.3) is 0 Å². The van der Waals surface area contributed by atoms with Gasteiger partial charge < -0.3 is 4.74 Å². The van der Waals surface area contributed by atoms with Crippen molar-refractivity contribution in [3.8, 4) is 11.4 Å². The standard InChI is InChI=1S/C16H13N3O2/c1-3-12-10-13(8-9-16(12)21-11(2)20)19-17-14-6-4-5-7-15(14)18-19/h3-10H,1H2,2H3. The van der Waals surface area contributed by atoms with Gasteiger partial charge in [-0.3, -0.25) is 4.79 Å². The Kier molecular flexibility index (Phi) is 3.23. The van der Waals surface area contributed by atoms with Crippen LogP contribution in [0.15, 0.2) is 49.0 Å². The Morgan fingerprint density at radius 3 is 2.43 bits per heavy atom.